The van der Waals surface area contributed by atoms with Crippen LogP contribution in [0.25, 0.3) is 10.8 Å². The molecule has 0 bridgehead atoms. The van der Waals surface area contributed by atoms with Gasteiger partial charge in [0, 0.05) is 8.96 Å². The van der Waals surface area contributed by atoms with E-state index in [0.717, 1.165) is 27.2 Å². The van der Waals surface area contributed by atoms with Crippen LogP contribution in [0.3, 0.4) is 0 Å². The molecule has 0 aliphatic heterocycles. The average molecular weight is 370 g/mol. The minimum Gasteiger partial charge on any atom is -0.492 e. The number of unbranched alkanes of at least 4 members (excludes halogenated alkanes) is 1. The van der Waals surface area contributed by atoms with Crippen LogP contribution in [0.15, 0.2) is 30.3 Å². The smallest absolute Gasteiger partial charge is 0.339 e. The SMILES string of the molecule is CCCCOc1c(C(=O)O)ccc2c(I)cccc12. The Bertz CT molecular complexity index is 608. The quantitative estimate of drug-likeness (QED) is 0.630. The van der Waals surface area contributed by atoms with Crippen molar-refractivity contribution in [2.45, 2.75) is 19.8 Å². The summed E-state index contributed by atoms with van der Waals surface area (Å²) in [5, 5.41) is 11.2. The third-order valence-electron chi connectivity index (χ3n) is 2.93. The van der Waals surface area contributed by atoms with Crippen LogP contribution in [0, 0.1) is 3.57 Å². The lowest BCUT2D eigenvalue weighted by Gasteiger charge is -2.12. The van der Waals surface area contributed by atoms with Gasteiger partial charge in [-0.25, -0.2) is 4.79 Å². The lowest BCUT2D eigenvalue weighted by molar-refractivity contribution is 0.0692. The molecule has 0 aliphatic rings. The molecule has 0 aliphatic carbocycles. The molecule has 0 unspecified atom stereocenters. The van der Waals surface area contributed by atoms with E-state index in [1.165, 1.54) is 0 Å². The van der Waals surface area contributed by atoms with E-state index in [2.05, 4.69) is 29.5 Å². The third-order valence-corrected chi connectivity index (χ3v) is 3.87. The van der Waals surface area contributed by atoms with E-state index in [9.17, 15) is 9.90 Å². The van der Waals surface area contributed by atoms with Gasteiger partial charge >= 0.3 is 5.97 Å². The molecule has 0 saturated carbocycles. The summed E-state index contributed by atoms with van der Waals surface area (Å²) >= 11 is 2.25. The van der Waals surface area contributed by atoms with E-state index < -0.39 is 5.97 Å². The van der Waals surface area contributed by atoms with Crippen LogP contribution in [0.5, 0.6) is 5.75 Å². The maximum atomic E-state index is 11.3. The number of fused-ring (bicyclic) bond motifs is 1. The Balaban J connectivity index is 2.56. The molecule has 0 heterocycles. The summed E-state index contributed by atoms with van der Waals surface area (Å²) in [6.07, 6.45) is 1.93. The molecule has 0 aromatic heterocycles. The molecule has 2 aromatic carbocycles. The molecular weight excluding hydrogens is 355 g/mol. The molecular formula is C15H15IO3. The van der Waals surface area contributed by atoms with Gasteiger partial charge in [0.15, 0.2) is 0 Å². The molecule has 0 saturated heterocycles. The number of hydrogen-bond donors (Lipinski definition) is 1. The minimum absolute atomic E-state index is 0.227. The Hall–Kier alpha value is -1.30. The monoisotopic (exact) mass is 370 g/mol. The van der Waals surface area contributed by atoms with E-state index in [1.54, 1.807) is 6.07 Å². The molecule has 0 spiro atoms. The number of benzene rings is 2. The fourth-order valence-corrected chi connectivity index (χ4v) is 2.61. The molecule has 4 heteroatoms. The topological polar surface area (TPSA) is 46.5 Å². The Kier molecular flexibility index (Phi) is 4.63. The normalized spacial score (nSPS) is 10.6. The van der Waals surface area contributed by atoms with E-state index in [-0.39, 0.29) is 5.56 Å². The number of rotatable bonds is 5. The summed E-state index contributed by atoms with van der Waals surface area (Å²) in [4.78, 5) is 11.3. The first-order valence-corrected chi connectivity index (χ1v) is 7.30. The molecule has 2 aromatic rings. The zero-order chi connectivity index (χ0) is 13.8. The molecule has 2 rings (SSSR count). The summed E-state index contributed by atoms with van der Waals surface area (Å²) < 4.78 is 6.81. The second-order valence-electron chi connectivity index (χ2n) is 4.28. The van der Waals surface area contributed by atoms with E-state index in [4.69, 9.17) is 4.74 Å². The predicted molar refractivity (Wildman–Crippen MR) is 84.0 cm³/mol. The van der Waals surface area contributed by atoms with Crippen LogP contribution in [0.1, 0.15) is 30.1 Å². The van der Waals surface area contributed by atoms with Crippen LogP contribution in [0.4, 0.5) is 0 Å². The highest BCUT2D eigenvalue weighted by molar-refractivity contribution is 14.1. The van der Waals surface area contributed by atoms with Crippen molar-refractivity contribution in [3.8, 4) is 5.75 Å². The first-order valence-electron chi connectivity index (χ1n) is 6.22. The molecule has 100 valence electrons. The van der Waals surface area contributed by atoms with Crippen LogP contribution < -0.4 is 4.74 Å². The number of carboxylic acids is 1. The van der Waals surface area contributed by atoms with E-state index in [1.807, 2.05) is 24.3 Å². The Morgan fingerprint density at radius 3 is 2.74 bits per heavy atom. The average Bonchev–Trinajstić information content (AvgIpc) is 2.39. The number of hydrogen-bond acceptors (Lipinski definition) is 2. The highest BCUT2D eigenvalue weighted by Crippen LogP contribution is 2.32. The molecule has 0 radical (unpaired) electrons. The van der Waals surface area contributed by atoms with Crippen molar-refractivity contribution >= 4 is 39.3 Å². The lowest BCUT2D eigenvalue weighted by Crippen LogP contribution is -2.05. The van der Waals surface area contributed by atoms with Crippen molar-refractivity contribution in [2.24, 2.45) is 0 Å². The first kappa shape index (κ1) is 14.1. The zero-order valence-corrected chi connectivity index (χ0v) is 12.8. The van der Waals surface area contributed by atoms with Crippen molar-refractivity contribution in [3.63, 3.8) is 0 Å². The van der Waals surface area contributed by atoms with Gasteiger partial charge in [0.2, 0.25) is 0 Å². The number of carboxylic acid groups (broad SMARTS) is 1. The van der Waals surface area contributed by atoms with Gasteiger partial charge in [0.1, 0.15) is 11.3 Å². The first-order chi connectivity index (χ1) is 9.15. The lowest BCUT2D eigenvalue weighted by atomic mass is 10.1. The molecule has 0 atom stereocenters. The number of carbonyl (C=O) groups is 1. The van der Waals surface area contributed by atoms with Gasteiger partial charge in [-0.3, -0.25) is 0 Å². The predicted octanol–water partition coefficient (Wildman–Crippen LogP) is 4.32. The fraction of sp³-hybridized carbons (Fsp3) is 0.267. The van der Waals surface area contributed by atoms with Crippen LogP contribution >= 0.6 is 22.6 Å². The summed E-state index contributed by atoms with van der Waals surface area (Å²) in [6.45, 7) is 2.62. The summed E-state index contributed by atoms with van der Waals surface area (Å²) in [5.41, 5.74) is 0.227. The molecule has 3 nitrogen and oxygen atoms in total. The zero-order valence-electron chi connectivity index (χ0n) is 10.6. The van der Waals surface area contributed by atoms with Crippen molar-refractivity contribution in [1.29, 1.82) is 0 Å². The van der Waals surface area contributed by atoms with Gasteiger partial charge in [-0.15, -0.1) is 0 Å². The Morgan fingerprint density at radius 2 is 2.05 bits per heavy atom. The maximum Gasteiger partial charge on any atom is 0.339 e. The summed E-state index contributed by atoms with van der Waals surface area (Å²) in [5.74, 6) is -0.468. The van der Waals surface area contributed by atoms with Gasteiger partial charge in [0.05, 0.1) is 6.61 Å². The van der Waals surface area contributed by atoms with E-state index >= 15 is 0 Å². The Labute approximate surface area is 125 Å². The van der Waals surface area contributed by atoms with Crippen molar-refractivity contribution in [2.75, 3.05) is 6.61 Å². The highest BCUT2D eigenvalue weighted by atomic mass is 127. The van der Waals surface area contributed by atoms with Gasteiger partial charge in [-0.2, -0.15) is 0 Å². The van der Waals surface area contributed by atoms with Crippen LogP contribution in [-0.2, 0) is 0 Å². The largest absolute Gasteiger partial charge is 0.492 e. The highest BCUT2D eigenvalue weighted by Gasteiger charge is 2.15. The summed E-state index contributed by atoms with van der Waals surface area (Å²) in [6, 6.07) is 9.29. The molecule has 19 heavy (non-hydrogen) atoms. The fourth-order valence-electron chi connectivity index (χ4n) is 1.93. The molecule has 0 fully saturated rings. The van der Waals surface area contributed by atoms with E-state index in [0.29, 0.717) is 12.4 Å². The standard InChI is InChI=1S/C15H15IO3/c1-2-3-9-19-14-11-5-4-6-13(16)10(11)7-8-12(14)15(17)18/h4-8H,2-3,9H2,1H3,(H,17,18). The van der Waals surface area contributed by atoms with Gasteiger partial charge in [-0.05, 0) is 46.5 Å². The van der Waals surface area contributed by atoms with Crippen molar-refractivity contribution in [3.05, 3.63) is 39.5 Å². The van der Waals surface area contributed by atoms with Crippen molar-refractivity contribution < 1.29 is 14.6 Å². The summed E-state index contributed by atoms with van der Waals surface area (Å²) in [7, 11) is 0. The van der Waals surface area contributed by atoms with Crippen LogP contribution in [0.2, 0.25) is 0 Å². The number of halogens is 1. The molecule has 1 N–H and O–H groups in total. The van der Waals surface area contributed by atoms with Gasteiger partial charge in [-0.1, -0.05) is 31.5 Å². The second-order valence-corrected chi connectivity index (χ2v) is 5.45. The Morgan fingerprint density at radius 1 is 1.26 bits per heavy atom. The second kappa shape index (κ2) is 6.23. The minimum atomic E-state index is -0.952. The molecule has 0 amide bonds. The maximum absolute atomic E-state index is 11.3. The van der Waals surface area contributed by atoms with Gasteiger partial charge in [0.25, 0.3) is 0 Å². The van der Waals surface area contributed by atoms with Crippen LogP contribution in [-0.4, -0.2) is 17.7 Å². The van der Waals surface area contributed by atoms with Crippen molar-refractivity contribution in [1.82, 2.24) is 0 Å². The van der Waals surface area contributed by atoms with Gasteiger partial charge < -0.3 is 9.84 Å². The third kappa shape index (κ3) is 3.00. The number of ether oxygens (including phenoxy) is 1. The number of aromatic carboxylic acids is 1.